The number of benzene rings is 5. The molecule has 8 bridgehead atoms. The summed E-state index contributed by atoms with van der Waals surface area (Å²) >= 11 is 0. The molecule has 0 saturated heterocycles. The Hall–Kier alpha value is -6.58. The van der Waals surface area contributed by atoms with E-state index >= 15 is 0 Å². The highest BCUT2D eigenvalue weighted by atomic mass is 14.8. The van der Waals surface area contributed by atoms with Crippen LogP contribution in [0.15, 0.2) is 146 Å². The molecule has 0 amide bonds. The highest BCUT2D eigenvalue weighted by molar-refractivity contribution is 6.00. The minimum absolute atomic E-state index is 0.917. The molecule has 3 heteroatoms. The fourth-order valence-electron chi connectivity index (χ4n) is 7.23. The first-order chi connectivity index (χ1) is 25.1. The predicted molar refractivity (Wildman–Crippen MR) is 216 cm³/mol. The lowest BCUT2D eigenvalue weighted by molar-refractivity contribution is 1.32. The van der Waals surface area contributed by atoms with Crippen molar-refractivity contribution in [1.82, 2.24) is 15.0 Å². The number of aromatic amines is 1. The van der Waals surface area contributed by atoms with Gasteiger partial charge in [-0.3, -0.25) is 0 Å². The first kappa shape index (κ1) is 30.5. The van der Waals surface area contributed by atoms with Gasteiger partial charge in [-0.1, -0.05) is 145 Å². The quantitative estimate of drug-likeness (QED) is 0.205. The van der Waals surface area contributed by atoms with E-state index in [9.17, 15) is 0 Å². The lowest BCUT2D eigenvalue weighted by atomic mass is 9.96. The Balaban J connectivity index is 1.47. The van der Waals surface area contributed by atoms with Gasteiger partial charge in [-0.15, -0.1) is 0 Å². The van der Waals surface area contributed by atoms with Crippen molar-refractivity contribution in [3.8, 4) is 44.5 Å². The zero-order chi connectivity index (χ0) is 34.3. The van der Waals surface area contributed by atoms with E-state index in [-0.39, 0.29) is 0 Å². The zero-order valence-electron chi connectivity index (χ0n) is 28.6. The van der Waals surface area contributed by atoms with Crippen LogP contribution in [0, 0.1) is 13.8 Å². The van der Waals surface area contributed by atoms with E-state index in [1.54, 1.807) is 0 Å². The molecule has 2 aliphatic rings. The smallest absolute Gasteiger partial charge is 0.0737 e. The van der Waals surface area contributed by atoms with Gasteiger partial charge in [-0.05, 0) is 83.3 Å². The average Bonchev–Trinajstić information content (AvgIpc) is 3.95. The Bertz CT molecular complexity index is 2460. The second-order valence-corrected chi connectivity index (χ2v) is 13.3. The number of hydrogen-bond donors (Lipinski definition) is 1. The van der Waals surface area contributed by atoms with Gasteiger partial charge in [-0.25, -0.2) is 9.97 Å². The van der Waals surface area contributed by atoms with Gasteiger partial charge in [0.05, 0.1) is 22.8 Å². The molecule has 51 heavy (non-hydrogen) atoms. The van der Waals surface area contributed by atoms with Gasteiger partial charge in [0.15, 0.2) is 0 Å². The molecule has 5 heterocycles. The van der Waals surface area contributed by atoms with Crippen molar-refractivity contribution in [1.29, 1.82) is 0 Å². The molecule has 0 spiro atoms. The van der Waals surface area contributed by atoms with Gasteiger partial charge < -0.3 is 4.98 Å². The summed E-state index contributed by atoms with van der Waals surface area (Å²) in [4.78, 5) is 14.6. The maximum atomic E-state index is 5.39. The van der Waals surface area contributed by atoms with Gasteiger partial charge in [0.25, 0.3) is 0 Å². The van der Waals surface area contributed by atoms with Crippen molar-refractivity contribution < 1.29 is 0 Å². The molecule has 0 aliphatic carbocycles. The van der Waals surface area contributed by atoms with E-state index < -0.39 is 0 Å². The number of hydrogen-bond acceptors (Lipinski definition) is 2. The van der Waals surface area contributed by atoms with Gasteiger partial charge in [0.1, 0.15) is 0 Å². The number of H-pyrrole nitrogens is 1. The summed E-state index contributed by atoms with van der Waals surface area (Å²) in [5.74, 6) is 0. The molecule has 0 unspecified atom stereocenters. The minimum Gasteiger partial charge on any atom is -0.354 e. The Kier molecular flexibility index (Phi) is 7.59. The standard InChI is InChI=1S/C48H35N3/c1-31-13-17-35(18-14-31)45-37-21-23-38(24-22-37)46(36-19-15-32(2)16-20-36)40-26-28-42(50-40)48(34-11-7-4-8-12-34)44-30-29-43(51-44)47(33-9-5-3-6-10-33)41-27-25-39(45)49-41/h3-30,51H,1-2H3. The van der Waals surface area contributed by atoms with Crippen LogP contribution in [-0.2, 0) is 0 Å². The van der Waals surface area contributed by atoms with E-state index in [4.69, 9.17) is 9.97 Å². The molecule has 10 rings (SSSR count). The van der Waals surface area contributed by atoms with Crippen LogP contribution in [0.5, 0.6) is 0 Å². The number of aryl methyl sites for hydroxylation is 2. The van der Waals surface area contributed by atoms with Gasteiger partial charge in [0.2, 0.25) is 0 Å². The molecule has 3 nitrogen and oxygen atoms in total. The maximum absolute atomic E-state index is 5.39. The van der Waals surface area contributed by atoms with Crippen LogP contribution in [0.3, 0.4) is 0 Å². The van der Waals surface area contributed by atoms with Gasteiger partial charge in [0, 0.05) is 33.3 Å². The lowest BCUT2D eigenvalue weighted by Crippen LogP contribution is -1.88. The second kappa shape index (κ2) is 12.7. The summed E-state index contributed by atoms with van der Waals surface area (Å²) in [7, 11) is 0. The molecule has 2 aliphatic heterocycles. The highest BCUT2D eigenvalue weighted by Crippen LogP contribution is 2.38. The summed E-state index contributed by atoms with van der Waals surface area (Å²) in [6.07, 6.45) is 8.63. The molecule has 3 aromatic heterocycles. The van der Waals surface area contributed by atoms with Crippen molar-refractivity contribution in [2.75, 3.05) is 0 Å². The van der Waals surface area contributed by atoms with Crippen LogP contribution in [0.4, 0.5) is 0 Å². The van der Waals surface area contributed by atoms with Crippen LogP contribution < -0.4 is 0 Å². The summed E-state index contributed by atoms with van der Waals surface area (Å²) in [5.41, 5.74) is 16.9. The molecule has 0 saturated carbocycles. The highest BCUT2D eigenvalue weighted by Gasteiger charge is 2.18. The molecule has 0 fully saturated rings. The Labute approximate surface area is 298 Å². The van der Waals surface area contributed by atoms with E-state index in [1.807, 2.05) is 0 Å². The second-order valence-electron chi connectivity index (χ2n) is 13.3. The number of rotatable bonds is 4. The summed E-state index contributed by atoms with van der Waals surface area (Å²) in [6.45, 7) is 4.25. The first-order valence-corrected chi connectivity index (χ1v) is 17.4. The molecule has 0 atom stereocenters. The molecule has 0 radical (unpaired) electrons. The van der Waals surface area contributed by atoms with Crippen LogP contribution in [0.25, 0.3) is 90.6 Å². The summed E-state index contributed by atoms with van der Waals surface area (Å²) in [6, 6.07) is 51.9. The Morgan fingerprint density at radius 3 is 1.04 bits per heavy atom. The van der Waals surface area contributed by atoms with Crippen molar-refractivity contribution in [3.05, 3.63) is 179 Å². The van der Waals surface area contributed by atoms with Crippen molar-refractivity contribution >= 4 is 46.1 Å². The number of fused-ring (bicyclic) bond motifs is 2. The molecule has 1 N–H and O–H groups in total. The number of aromatic nitrogens is 3. The largest absolute Gasteiger partial charge is 0.354 e. The van der Waals surface area contributed by atoms with Crippen LogP contribution in [-0.4, -0.2) is 15.0 Å². The van der Waals surface area contributed by atoms with E-state index in [0.717, 1.165) is 89.1 Å². The van der Waals surface area contributed by atoms with Gasteiger partial charge >= 0.3 is 0 Å². The number of nitrogens with zero attached hydrogens (tertiary/aromatic N) is 2. The molecule has 8 aromatic rings. The SMILES string of the molecule is Cc1ccc(-c2c3nc(c(-c4ccccc4)c4ccc([nH]4)c(-c4ccccc4)c4nc(c(-c5ccc(C)cc5)c5ccc2cc5)C=C4)C=C3)cc1. The first-order valence-electron chi connectivity index (χ1n) is 17.4. The van der Waals surface area contributed by atoms with Crippen molar-refractivity contribution in [3.63, 3.8) is 0 Å². The average molecular weight is 654 g/mol. The monoisotopic (exact) mass is 653 g/mol. The van der Waals surface area contributed by atoms with Crippen LogP contribution >= 0.6 is 0 Å². The van der Waals surface area contributed by atoms with Crippen molar-refractivity contribution in [2.24, 2.45) is 0 Å². The zero-order valence-corrected chi connectivity index (χ0v) is 28.6. The molecular weight excluding hydrogens is 619 g/mol. The van der Waals surface area contributed by atoms with E-state index in [2.05, 4.69) is 189 Å². The topological polar surface area (TPSA) is 41.6 Å². The van der Waals surface area contributed by atoms with Crippen LogP contribution in [0.1, 0.15) is 33.9 Å². The fourth-order valence-corrected chi connectivity index (χ4v) is 7.23. The molecule has 242 valence electrons. The third-order valence-electron chi connectivity index (χ3n) is 9.80. The van der Waals surface area contributed by atoms with Crippen molar-refractivity contribution in [2.45, 2.75) is 13.8 Å². The minimum atomic E-state index is 0.917. The third-order valence-corrected chi connectivity index (χ3v) is 9.80. The molecule has 5 aromatic carbocycles. The fraction of sp³-hybridized carbons (Fsp3) is 0.0417. The normalized spacial score (nSPS) is 12.0. The Morgan fingerprint density at radius 2 is 0.667 bits per heavy atom. The summed E-state index contributed by atoms with van der Waals surface area (Å²) in [5, 5.41) is 2.22. The predicted octanol–water partition coefficient (Wildman–Crippen LogP) is 12.6. The van der Waals surface area contributed by atoms with E-state index in [0.29, 0.717) is 0 Å². The van der Waals surface area contributed by atoms with Crippen LogP contribution in [0.2, 0.25) is 0 Å². The third kappa shape index (κ3) is 5.69. The molecular formula is C48H35N3. The summed E-state index contributed by atoms with van der Waals surface area (Å²) < 4.78 is 0. The Morgan fingerprint density at radius 1 is 0.333 bits per heavy atom. The van der Waals surface area contributed by atoms with Gasteiger partial charge in [-0.2, -0.15) is 0 Å². The lowest BCUT2D eigenvalue weighted by Gasteiger charge is -2.09. The van der Waals surface area contributed by atoms with E-state index in [1.165, 1.54) is 11.1 Å². The number of nitrogens with one attached hydrogen (secondary N) is 1. The maximum Gasteiger partial charge on any atom is 0.0737 e.